The van der Waals surface area contributed by atoms with Gasteiger partial charge in [0.05, 0.1) is 50.7 Å². The van der Waals surface area contributed by atoms with Crippen LogP contribution in [0.15, 0.2) is 12.2 Å². The zero-order chi connectivity index (χ0) is 76.7. The van der Waals surface area contributed by atoms with E-state index in [1.54, 1.807) is 0 Å². The number of aliphatic hydroxyl groups excluding tert-OH is 11. The molecule has 23 nitrogen and oxygen atoms in total. The number of carboxylic acids is 1. The summed E-state index contributed by atoms with van der Waals surface area (Å²) in [5, 5.41) is 137. The van der Waals surface area contributed by atoms with Gasteiger partial charge in [0, 0.05) is 19.8 Å². The fraction of sp³-hybridized carbons (Fsp3) is 0.939. The van der Waals surface area contributed by atoms with Crippen molar-refractivity contribution < 1.29 is 104 Å². The standard InChI is InChI=1S/C82H154N2O21/c1-4-6-8-10-12-14-16-18-20-22-24-26-27-28-29-30-31-32-33-34-36-38-40-42-44-46-48-50-52-54-56-69(92)84-63(64(89)55-53-51-49-47-45-43-41-39-37-35-25-23-21-19-17-15-13-11-9-7-5-2)61-100-79-74(96)73(95)76(68(60-87)102-79)103-80-75(97)78(72(94)67(59-86)101-80)105-82(81(98)99)57-65(90)70(83-62(3)88)77(104-82)71(93)66(91)58-85/h28-29,63-68,70-80,85-87,89-91,93-97H,4-27,30-61H2,1-3H3,(H,83,88)(H,84,92)(H,98,99)/b29-28-. The molecule has 3 aliphatic heterocycles. The van der Waals surface area contributed by atoms with Crippen LogP contribution in [-0.2, 0) is 42.8 Å². The maximum Gasteiger partial charge on any atom is 0.364 e. The Hall–Kier alpha value is -2.53. The molecular weight excluding hydrogens is 1350 g/mol. The van der Waals surface area contributed by atoms with E-state index >= 15 is 0 Å². The van der Waals surface area contributed by atoms with Crippen LogP contribution in [-0.4, -0.2) is 215 Å². The Morgan fingerprint density at radius 3 is 1.29 bits per heavy atom. The van der Waals surface area contributed by atoms with Crippen molar-refractivity contribution >= 4 is 17.8 Å². The fourth-order valence-electron chi connectivity index (χ4n) is 15.0. The van der Waals surface area contributed by atoms with Crippen molar-refractivity contribution in [1.82, 2.24) is 10.6 Å². The lowest BCUT2D eigenvalue weighted by atomic mass is 9.88. The van der Waals surface area contributed by atoms with Gasteiger partial charge in [-0.05, 0) is 38.5 Å². The highest BCUT2D eigenvalue weighted by molar-refractivity contribution is 5.77. The molecule has 3 aliphatic rings. The third-order valence-electron chi connectivity index (χ3n) is 21.7. The second-order valence-corrected chi connectivity index (χ2v) is 31.0. The normalized spacial score (nSPS) is 26.2. The van der Waals surface area contributed by atoms with E-state index < -0.39 is 148 Å². The van der Waals surface area contributed by atoms with Crippen LogP contribution in [0.4, 0.5) is 0 Å². The number of carbonyl (C=O) groups excluding carboxylic acids is 2. The number of aliphatic carboxylic acids is 1. The number of carbonyl (C=O) groups is 3. The van der Waals surface area contributed by atoms with Gasteiger partial charge in [0.1, 0.15) is 67.1 Å². The molecule has 3 heterocycles. The summed E-state index contributed by atoms with van der Waals surface area (Å²) in [5.74, 6) is -6.09. The van der Waals surface area contributed by atoms with Crippen molar-refractivity contribution in [3.8, 4) is 0 Å². The summed E-state index contributed by atoms with van der Waals surface area (Å²) in [7, 11) is 0. The Labute approximate surface area is 632 Å². The summed E-state index contributed by atoms with van der Waals surface area (Å²) < 4.78 is 35.0. The minimum atomic E-state index is -3.08. The van der Waals surface area contributed by atoms with Gasteiger partial charge in [0.15, 0.2) is 12.6 Å². The lowest BCUT2D eigenvalue weighted by molar-refractivity contribution is -0.386. The quantitative estimate of drug-likeness (QED) is 0.0199. The Bertz CT molecular complexity index is 2140. The van der Waals surface area contributed by atoms with E-state index in [-0.39, 0.29) is 18.9 Å². The van der Waals surface area contributed by atoms with Crippen LogP contribution < -0.4 is 10.6 Å². The van der Waals surface area contributed by atoms with Gasteiger partial charge in [-0.2, -0.15) is 0 Å². The number of carboxylic acid groups (broad SMARTS) is 1. The lowest BCUT2D eigenvalue weighted by Crippen LogP contribution is -2.70. The minimum absolute atomic E-state index is 0.227. The molecule has 0 radical (unpaired) electrons. The predicted octanol–water partition coefficient (Wildman–Crippen LogP) is 12.1. The monoisotopic (exact) mass is 1500 g/mol. The summed E-state index contributed by atoms with van der Waals surface area (Å²) in [4.78, 5) is 38.8. The van der Waals surface area contributed by atoms with E-state index in [9.17, 15) is 75.7 Å². The molecule has 23 heteroatoms. The minimum Gasteiger partial charge on any atom is -0.477 e. The number of ether oxygens (including phenoxy) is 6. The molecule has 18 unspecified atom stereocenters. The number of rotatable bonds is 68. The number of allylic oxidation sites excluding steroid dienone is 2. The molecule has 0 bridgehead atoms. The van der Waals surface area contributed by atoms with Gasteiger partial charge < -0.3 is 100 Å². The summed E-state index contributed by atoms with van der Waals surface area (Å²) >= 11 is 0. The Kier molecular flexibility index (Phi) is 56.3. The van der Waals surface area contributed by atoms with Gasteiger partial charge in [0.2, 0.25) is 11.8 Å². The van der Waals surface area contributed by atoms with Gasteiger partial charge in [-0.1, -0.05) is 309 Å². The van der Waals surface area contributed by atoms with E-state index in [4.69, 9.17) is 28.4 Å². The maximum atomic E-state index is 13.6. The van der Waals surface area contributed by atoms with Crippen LogP contribution in [0.1, 0.15) is 355 Å². The van der Waals surface area contributed by atoms with Crippen LogP contribution in [0, 0.1) is 0 Å². The molecule has 14 N–H and O–H groups in total. The molecule has 0 saturated carbocycles. The first-order chi connectivity index (χ1) is 50.9. The maximum absolute atomic E-state index is 13.6. The summed E-state index contributed by atoms with van der Waals surface area (Å²) in [6, 6.07) is -2.53. The smallest absolute Gasteiger partial charge is 0.364 e. The molecule has 18 atom stereocenters. The molecule has 0 aromatic rings. The van der Waals surface area contributed by atoms with Gasteiger partial charge in [0.25, 0.3) is 5.79 Å². The Morgan fingerprint density at radius 1 is 0.486 bits per heavy atom. The number of nitrogens with one attached hydrogen (secondary N) is 2. The molecule has 0 spiro atoms. The van der Waals surface area contributed by atoms with Gasteiger partial charge in [-0.25, -0.2) is 4.79 Å². The average molecular weight is 1500 g/mol. The van der Waals surface area contributed by atoms with Crippen molar-refractivity contribution in [1.29, 1.82) is 0 Å². The van der Waals surface area contributed by atoms with Crippen LogP contribution in [0.25, 0.3) is 0 Å². The SMILES string of the molecule is CCCCCCCCCCCCCC/C=C\CCCCCCCCCCCCCCCCC(=O)NC(COC1OC(CO)C(OC2OC(CO)C(O)C(OC3(C(=O)O)CC(O)C(NC(C)=O)C(C(O)C(O)CO)O3)C2O)C(O)C1O)C(O)CCCCCCCCCCCCCCCCCCCCCCC. The van der Waals surface area contributed by atoms with Gasteiger partial charge in [-0.15, -0.1) is 0 Å². The first-order valence-corrected chi connectivity index (χ1v) is 42.5. The number of hydrogen-bond acceptors (Lipinski definition) is 20. The van der Waals surface area contributed by atoms with Crippen molar-refractivity contribution in [3.63, 3.8) is 0 Å². The lowest BCUT2D eigenvalue weighted by Gasteiger charge is -2.50. The second kappa shape index (κ2) is 61.1. The molecular formula is C82H154N2O21. The van der Waals surface area contributed by atoms with E-state index in [2.05, 4.69) is 36.6 Å². The molecule has 0 aliphatic carbocycles. The highest BCUT2D eigenvalue weighted by Gasteiger charge is 2.60. The van der Waals surface area contributed by atoms with Crippen molar-refractivity contribution in [3.05, 3.63) is 12.2 Å². The summed E-state index contributed by atoms with van der Waals surface area (Å²) in [6.45, 7) is 2.27. The highest BCUT2D eigenvalue weighted by Crippen LogP contribution is 2.39. The number of aliphatic hydroxyl groups is 11. The molecule has 3 rings (SSSR count). The number of hydrogen-bond donors (Lipinski definition) is 14. The number of unbranched alkanes of at least 4 members (excludes halogenated alkanes) is 46. The van der Waals surface area contributed by atoms with Gasteiger partial charge in [-0.3, -0.25) is 9.59 Å². The Morgan fingerprint density at radius 2 is 0.886 bits per heavy atom. The Balaban J connectivity index is 1.48. The summed E-state index contributed by atoms with van der Waals surface area (Å²) in [6.07, 6.45) is 37.8. The molecule has 0 aromatic heterocycles. The molecule has 105 heavy (non-hydrogen) atoms. The van der Waals surface area contributed by atoms with Crippen molar-refractivity contribution in [2.75, 3.05) is 26.4 Å². The van der Waals surface area contributed by atoms with Crippen LogP contribution in [0.3, 0.4) is 0 Å². The molecule has 2 amide bonds. The van der Waals surface area contributed by atoms with E-state index in [0.29, 0.717) is 19.3 Å². The largest absolute Gasteiger partial charge is 0.477 e. The predicted molar refractivity (Wildman–Crippen MR) is 408 cm³/mol. The molecule has 3 saturated heterocycles. The average Bonchev–Trinajstić information content (AvgIpc) is 0.755. The summed E-state index contributed by atoms with van der Waals surface area (Å²) in [5.41, 5.74) is 0. The van der Waals surface area contributed by atoms with E-state index in [0.717, 1.165) is 58.3 Å². The molecule has 0 aromatic carbocycles. The molecule has 3 fully saturated rings. The number of amides is 2. The van der Waals surface area contributed by atoms with Gasteiger partial charge >= 0.3 is 5.97 Å². The van der Waals surface area contributed by atoms with Crippen LogP contribution in [0.5, 0.6) is 0 Å². The zero-order valence-electron chi connectivity index (χ0n) is 65.6. The zero-order valence-corrected chi connectivity index (χ0v) is 65.6. The van der Waals surface area contributed by atoms with Crippen molar-refractivity contribution in [2.24, 2.45) is 0 Å². The first-order valence-electron chi connectivity index (χ1n) is 42.5. The van der Waals surface area contributed by atoms with Crippen molar-refractivity contribution in [2.45, 2.75) is 464 Å². The molecule has 618 valence electrons. The fourth-order valence-corrected chi connectivity index (χ4v) is 15.0. The first kappa shape index (κ1) is 96.7. The van der Waals surface area contributed by atoms with E-state index in [1.807, 2.05) is 0 Å². The van der Waals surface area contributed by atoms with Crippen LogP contribution in [0.2, 0.25) is 0 Å². The van der Waals surface area contributed by atoms with Crippen LogP contribution >= 0.6 is 0 Å². The third-order valence-corrected chi connectivity index (χ3v) is 21.7. The third kappa shape index (κ3) is 41.0. The van der Waals surface area contributed by atoms with E-state index in [1.165, 1.54) is 250 Å². The highest BCUT2D eigenvalue weighted by atomic mass is 16.8. The second-order valence-electron chi connectivity index (χ2n) is 31.0. The topological polar surface area (TPSA) is 373 Å².